The minimum atomic E-state index is -0.466. The van der Waals surface area contributed by atoms with Gasteiger partial charge in [0, 0.05) is 0 Å². The number of hydrogen-bond donors (Lipinski definition) is 1. The molecule has 0 aromatic rings. The molecule has 1 saturated carbocycles. The average molecular weight is 293 g/mol. The number of aliphatic hydroxyl groups excluding tert-OH is 1. The van der Waals surface area contributed by atoms with Gasteiger partial charge < -0.3 is 5.11 Å². The highest BCUT2D eigenvalue weighted by molar-refractivity contribution is 5.06. The van der Waals surface area contributed by atoms with Crippen LogP contribution in [0.2, 0.25) is 0 Å². The molecule has 1 unspecified atom stereocenters. The molecule has 1 rings (SSSR count). The highest BCUT2D eigenvalue weighted by Crippen LogP contribution is 2.47. The van der Waals surface area contributed by atoms with E-state index >= 15 is 0 Å². The van der Waals surface area contributed by atoms with Gasteiger partial charge in [0.1, 0.15) is 0 Å². The number of nitrogens with zero attached hydrogens (tertiary/aromatic N) is 1. The Hall–Kier alpha value is -0.550. The van der Waals surface area contributed by atoms with Crippen molar-refractivity contribution in [1.82, 2.24) is 0 Å². The van der Waals surface area contributed by atoms with Crippen LogP contribution >= 0.6 is 0 Å². The molecule has 2 nitrogen and oxygen atoms in total. The molecule has 21 heavy (non-hydrogen) atoms. The first kappa shape index (κ1) is 18.5. The lowest BCUT2D eigenvalue weighted by Crippen LogP contribution is -2.40. The lowest BCUT2D eigenvalue weighted by atomic mass is 9.62. The predicted molar refractivity (Wildman–Crippen MR) is 88.8 cm³/mol. The Morgan fingerprint density at radius 1 is 1.14 bits per heavy atom. The molecule has 2 heteroatoms. The molecule has 0 amide bonds. The second-order valence-electron chi connectivity index (χ2n) is 8.13. The third-order valence-corrected chi connectivity index (χ3v) is 5.54. The molecule has 1 N–H and O–H groups in total. The molecule has 1 aliphatic carbocycles. The molecule has 1 atom stereocenters. The van der Waals surface area contributed by atoms with Gasteiger partial charge in [-0.25, -0.2) is 0 Å². The molecule has 0 spiro atoms. The van der Waals surface area contributed by atoms with Crippen molar-refractivity contribution in [2.24, 2.45) is 16.7 Å². The van der Waals surface area contributed by atoms with Crippen molar-refractivity contribution in [3.05, 3.63) is 0 Å². The maximum absolute atomic E-state index is 10.5. The van der Waals surface area contributed by atoms with E-state index < -0.39 is 11.5 Å². The van der Waals surface area contributed by atoms with Crippen LogP contribution in [0.15, 0.2) is 0 Å². The van der Waals surface area contributed by atoms with Crippen molar-refractivity contribution >= 4 is 0 Å². The van der Waals surface area contributed by atoms with Crippen LogP contribution in [-0.2, 0) is 0 Å². The Labute approximate surface area is 131 Å². The quantitative estimate of drug-likeness (QED) is 0.634. The first-order chi connectivity index (χ1) is 9.85. The maximum atomic E-state index is 10.5. The van der Waals surface area contributed by atoms with E-state index in [1.165, 1.54) is 25.7 Å². The summed E-state index contributed by atoms with van der Waals surface area (Å²) in [5.41, 5.74) is -0.140. The van der Waals surface area contributed by atoms with Crippen molar-refractivity contribution in [3.8, 4) is 6.07 Å². The zero-order chi connectivity index (χ0) is 15.9. The summed E-state index contributed by atoms with van der Waals surface area (Å²) < 4.78 is 0. The van der Waals surface area contributed by atoms with Crippen LogP contribution in [0.4, 0.5) is 0 Å². The molecule has 1 fully saturated rings. The Morgan fingerprint density at radius 2 is 1.71 bits per heavy atom. The van der Waals surface area contributed by atoms with Gasteiger partial charge in [0.2, 0.25) is 0 Å². The standard InChI is InChI=1S/C19H35NO/c1-5-6-7-8-9-10-17(21)19(15-20)13-11-16(12-14-19)18(2,3)4/h16-17,21H,5-14H2,1-4H3. The van der Waals surface area contributed by atoms with Crippen molar-refractivity contribution < 1.29 is 5.11 Å². The van der Waals surface area contributed by atoms with Gasteiger partial charge >= 0.3 is 0 Å². The van der Waals surface area contributed by atoms with Gasteiger partial charge in [-0.05, 0) is 43.4 Å². The van der Waals surface area contributed by atoms with Gasteiger partial charge in [-0.2, -0.15) is 5.26 Å². The summed E-state index contributed by atoms with van der Waals surface area (Å²) in [6, 6.07) is 2.49. The third-order valence-electron chi connectivity index (χ3n) is 5.54. The topological polar surface area (TPSA) is 44.0 Å². The fraction of sp³-hybridized carbons (Fsp3) is 0.947. The molecular weight excluding hydrogens is 258 g/mol. The SMILES string of the molecule is CCCCCCCC(O)C1(C#N)CCC(C(C)(C)C)CC1. The minimum Gasteiger partial charge on any atom is -0.391 e. The Bertz CT molecular complexity index is 328. The highest BCUT2D eigenvalue weighted by atomic mass is 16.3. The normalized spacial score (nSPS) is 28.1. The van der Waals surface area contributed by atoms with E-state index in [-0.39, 0.29) is 0 Å². The lowest BCUT2D eigenvalue weighted by Gasteiger charge is -2.42. The molecule has 0 aromatic carbocycles. The zero-order valence-corrected chi connectivity index (χ0v) is 14.6. The number of hydrogen-bond acceptors (Lipinski definition) is 2. The first-order valence-corrected chi connectivity index (χ1v) is 8.95. The summed E-state index contributed by atoms with van der Waals surface area (Å²) in [4.78, 5) is 0. The third kappa shape index (κ3) is 5.29. The van der Waals surface area contributed by atoms with Crippen LogP contribution in [0.3, 0.4) is 0 Å². The smallest absolute Gasteiger partial charge is 0.0832 e. The van der Waals surface area contributed by atoms with Crippen LogP contribution in [0.5, 0.6) is 0 Å². The van der Waals surface area contributed by atoms with Gasteiger partial charge in [-0.15, -0.1) is 0 Å². The Balaban J connectivity index is 2.45. The number of unbranched alkanes of at least 4 members (excludes halogenated alkanes) is 4. The largest absolute Gasteiger partial charge is 0.391 e. The maximum Gasteiger partial charge on any atom is 0.0832 e. The average Bonchev–Trinajstić information content (AvgIpc) is 2.46. The molecule has 0 aliphatic heterocycles. The van der Waals surface area contributed by atoms with E-state index in [9.17, 15) is 10.4 Å². The second-order valence-corrected chi connectivity index (χ2v) is 8.13. The van der Waals surface area contributed by atoms with Crippen LogP contribution in [-0.4, -0.2) is 11.2 Å². The van der Waals surface area contributed by atoms with Gasteiger partial charge in [-0.3, -0.25) is 0 Å². The molecule has 1 aliphatic rings. The molecule has 122 valence electrons. The molecule has 0 radical (unpaired) electrons. The molecule has 0 aromatic heterocycles. The summed E-state index contributed by atoms with van der Waals surface area (Å²) >= 11 is 0. The zero-order valence-electron chi connectivity index (χ0n) is 14.6. The van der Waals surface area contributed by atoms with E-state index in [0.29, 0.717) is 11.3 Å². The van der Waals surface area contributed by atoms with Crippen molar-refractivity contribution in [2.45, 2.75) is 98.0 Å². The fourth-order valence-electron chi connectivity index (χ4n) is 3.74. The van der Waals surface area contributed by atoms with Crippen LogP contribution < -0.4 is 0 Å². The minimum absolute atomic E-state index is 0.326. The van der Waals surface area contributed by atoms with E-state index in [2.05, 4.69) is 33.8 Å². The van der Waals surface area contributed by atoms with Crippen molar-refractivity contribution in [3.63, 3.8) is 0 Å². The molecule has 0 saturated heterocycles. The molecule has 0 bridgehead atoms. The lowest BCUT2D eigenvalue weighted by molar-refractivity contribution is 0.00378. The van der Waals surface area contributed by atoms with E-state index in [0.717, 1.165) is 38.5 Å². The highest BCUT2D eigenvalue weighted by Gasteiger charge is 2.43. The Kier molecular flexibility index (Phi) is 7.21. The van der Waals surface area contributed by atoms with Crippen LogP contribution in [0.1, 0.15) is 91.9 Å². The molecule has 0 heterocycles. The van der Waals surface area contributed by atoms with E-state index in [1.54, 1.807) is 0 Å². The summed E-state index contributed by atoms with van der Waals surface area (Å²) in [6.45, 7) is 9.09. The first-order valence-electron chi connectivity index (χ1n) is 8.95. The van der Waals surface area contributed by atoms with Gasteiger partial charge in [0.15, 0.2) is 0 Å². The molecular formula is C19H35NO. The fourth-order valence-corrected chi connectivity index (χ4v) is 3.74. The predicted octanol–water partition coefficient (Wildman–Crippen LogP) is 5.45. The van der Waals surface area contributed by atoms with E-state index in [1.807, 2.05) is 0 Å². The van der Waals surface area contributed by atoms with Gasteiger partial charge in [0.05, 0.1) is 17.6 Å². The monoisotopic (exact) mass is 293 g/mol. The number of aliphatic hydroxyl groups is 1. The number of rotatable bonds is 7. The number of nitriles is 1. The summed E-state index contributed by atoms with van der Waals surface area (Å²) in [5, 5.41) is 20.2. The van der Waals surface area contributed by atoms with Crippen LogP contribution in [0.25, 0.3) is 0 Å². The van der Waals surface area contributed by atoms with Crippen LogP contribution in [0, 0.1) is 28.1 Å². The van der Waals surface area contributed by atoms with Crippen molar-refractivity contribution in [1.29, 1.82) is 5.26 Å². The van der Waals surface area contributed by atoms with E-state index in [4.69, 9.17) is 0 Å². The second kappa shape index (κ2) is 8.18. The van der Waals surface area contributed by atoms with Gasteiger partial charge in [-0.1, -0.05) is 59.8 Å². The Morgan fingerprint density at radius 3 is 2.19 bits per heavy atom. The summed E-state index contributed by atoms with van der Waals surface area (Å²) in [5.74, 6) is 0.690. The summed E-state index contributed by atoms with van der Waals surface area (Å²) in [7, 11) is 0. The summed E-state index contributed by atoms with van der Waals surface area (Å²) in [6.07, 6.45) is 10.4. The van der Waals surface area contributed by atoms with Gasteiger partial charge in [0.25, 0.3) is 0 Å². The van der Waals surface area contributed by atoms with Crippen molar-refractivity contribution in [2.75, 3.05) is 0 Å².